The van der Waals surface area contributed by atoms with Gasteiger partial charge in [-0.2, -0.15) is 0 Å². The number of amides is 1. The van der Waals surface area contributed by atoms with E-state index in [9.17, 15) is 4.79 Å². The first kappa shape index (κ1) is 13.6. The summed E-state index contributed by atoms with van der Waals surface area (Å²) < 4.78 is 0.792. The van der Waals surface area contributed by atoms with Crippen LogP contribution < -0.4 is 11.1 Å². The molecule has 1 amide bonds. The molecule has 3 N–H and O–H groups in total. The van der Waals surface area contributed by atoms with Crippen LogP contribution in [0.4, 0.5) is 11.4 Å². The maximum atomic E-state index is 12.1. The minimum absolute atomic E-state index is 0.166. The predicted molar refractivity (Wildman–Crippen MR) is 82.3 cm³/mol. The SMILES string of the molecule is CCc1cccc(NC(=O)c2cc(N)cc(Br)c2)c1. The number of hydrogen-bond acceptors (Lipinski definition) is 2. The van der Waals surface area contributed by atoms with E-state index >= 15 is 0 Å². The van der Waals surface area contributed by atoms with Crippen LogP contribution in [0.1, 0.15) is 22.8 Å². The van der Waals surface area contributed by atoms with E-state index in [-0.39, 0.29) is 5.91 Å². The van der Waals surface area contributed by atoms with Crippen molar-refractivity contribution >= 4 is 33.2 Å². The molecule has 0 aromatic heterocycles. The van der Waals surface area contributed by atoms with Gasteiger partial charge in [-0.05, 0) is 42.3 Å². The van der Waals surface area contributed by atoms with E-state index < -0.39 is 0 Å². The zero-order valence-electron chi connectivity index (χ0n) is 10.6. The third-order valence-corrected chi connectivity index (χ3v) is 3.23. The molecule has 0 unspecified atom stereocenters. The third-order valence-electron chi connectivity index (χ3n) is 2.78. The fourth-order valence-corrected chi connectivity index (χ4v) is 2.33. The number of hydrogen-bond donors (Lipinski definition) is 2. The normalized spacial score (nSPS) is 10.2. The van der Waals surface area contributed by atoms with Gasteiger partial charge in [-0.15, -0.1) is 0 Å². The summed E-state index contributed by atoms with van der Waals surface area (Å²) in [7, 11) is 0. The highest BCUT2D eigenvalue weighted by Crippen LogP contribution is 2.19. The number of nitrogens with two attached hydrogens (primary N) is 1. The number of halogens is 1. The second-order valence-corrected chi connectivity index (χ2v) is 5.20. The Labute approximate surface area is 121 Å². The van der Waals surface area contributed by atoms with Crippen LogP contribution in [0.2, 0.25) is 0 Å². The first-order chi connectivity index (χ1) is 9.08. The maximum absolute atomic E-state index is 12.1. The van der Waals surface area contributed by atoms with Crippen molar-refractivity contribution in [2.75, 3.05) is 11.1 Å². The molecule has 0 aliphatic carbocycles. The van der Waals surface area contributed by atoms with Gasteiger partial charge >= 0.3 is 0 Å². The molecule has 0 bridgehead atoms. The highest BCUT2D eigenvalue weighted by molar-refractivity contribution is 9.10. The third kappa shape index (κ3) is 3.58. The van der Waals surface area contributed by atoms with Crippen molar-refractivity contribution in [1.82, 2.24) is 0 Å². The number of benzene rings is 2. The second-order valence-electron chi connectivity index (χ2n) is 4.28. The van der Waals surface area contributed by atoms with Crippen LogP contribution in [-0.2, 0) is 6.42 Å². The van der Waals surface area contributed by atoms with Crippen molar-refractivity contribution in [3.05, 3.63) is 58.1 Å². The quantitative estimate of drug-likeness (QED) is 0.845. The average Bonchev–Trinajstić information content (AvgIpc) is 2.37. The Balaban J connectivity index is 2.20. The van der Waals surface area contributed by atoms with Crippen LogP contribution in [0.5, 0.6) is 0 Å². The molecule has 98 valence electrons. The minimum atomic E-state index is -0.166. The lowest BCUT2D eigenvalue weighted by Gasteiger charge is -2.08. The van der Waals surface area contributed by atoms with Gasteiger partial charge in [0, 0.05) is 21.4 Å². The minimum Gasteiger partial charge on any atom is -0.399 e. The molecule has 0 aliphatic rings. The molecule has 0 aliphatic heterocycles. The van der Waals surface area contributed by atoms with Gasteiger partial charge in [0.1, 0.15) is 0 Å². The second kappa shape index (κ2) is 5.89. The molecule has 0 saturated heterocycles. The lowest BCUT2D eigenvalue weighted by atomic mass is 10.1. The molecule has 0 spiro atoms. The van der Waals surface area contributed by atoms with Gasteiger partial charge < -0.3 is 11.1 Å². The van der Waals surface area contributed by atoms with Gasteiger partial charge in [-0.25, -0.2) is 0 Å². The lowest BCUT2D eigenvalue weighted by molar-refractivity contribution is 0.102. The highest BCUT2D eigenvalue weighted by atomic mass is 79.9. The predicted octanol–water partition coefficient (Wildman–Crippen LogP) is 3.85. The van der Waals surface area contributed by atoms with Crippen LogP contribution in [0, 0.1) is 0 Å². The van der Waals surface area contributed by atoms with Gasteiger partial charge in [-0.3, -0.25) is 4.79 Å². The number of nitrogens with one attached hydrogen (secondary N) is 1. The summed E-state index contributed by atoms with van der Waals surface area (Å²) >= 11 is 3.33. The highest BCUT2D eigenvalue weighted by Gasteiger charge is 2.08. The van der Waals surface area contributed by atoms with Crippen LogP contribution in [0.3, 0.4) is 0 Å². The maximum Gasteiger partial charge on any atom is 0.255 e. The first-order valence-corrected chi connectivity index (χ1v) is 6.84. The van der Waals surface area contributed by atoms with Crippen molar-refractivity contribution in [2.24, 2.45) is 0 Å². The van der Waals surface area contributed by atoms with Crippen LogP contribution in [-0.4, -0.2) is 5.91 Å². The lowest BCUT2D eigenvalue weighted by Crippen LogP contribution is -2.12. The van der Waals surface area contributed by atoms with Gasteiger partial charge in [-0.1, -0.05) is 35.0 Å². The summed E-state index contributed by atoms with van der Waals surface area (Å²) in [4.78, 5) is 12.1. The Hall–Kier alpha value is -1.81. The van der Waals surface area contributed by atoms with Crippen LogP contribution >= 0.6 is 15.9 Å². The van der Waals surface area contributed by atoms with Crippen molar-refractivity contribution in [2.45, 2.75) is 13.3 Å². The van der Waals surface area contributed by atoms with E-state index in [0.717, 1.165) is 16.6 Å². The molecule has 0 atom stereocenters. The largest absolute Gasteiger partial charge is 0.399 e. The van der Waals surface area contributed by atoms with E-state index in [1.54, 1.807) is 18.2 Å². The number of carbonyl (C=O) groups is 1. The van der Waals surface area contributed by atoms with E-state index in [2.05, 4.69) is 28.2 Å². The summed E-state index contributed by atoms with van der Waals surface area (Å²) in [6, 6.07) is 13.0. The van der Waals surface area contributed by atoms with Crippen molar-refractivity contribution in [3.8, 4) is 0 Å². The summed E-state index contributed by atoms with van der Waals surface area (Å²) in [6.07, 6.45) is 0.938. The van der Waals surface area contributed by atoms with Crippen molar-refractivity contribution < 1.29 is 4.79 Å². The van der Waals surface area contributed by atoms with Crippen LogP contribution in [0.15, 0.2) is 46.9 Å². The summed E-state index contributed by atoms with van der Waals surface area (Å²) in [5, 5.41) is 2.87. The molecule has 0 heterocycles. The standard InChI is InChI=1S/C15H15BrN2O/c1-2-10-4-3-5-14(6-10)18-15(19)11-7-12(16)9-13(17)8-11/h3-9H,2,17H2,1H3,(H,18,19). The Bertz CT molecular complexity index is 591. The molecule has 19 heavy (non-hydrogen) atoms. The number of anilines is 2. The Morgan fingerprint density at radius 1 is 1.26 bits per heavy atom. The number of rotatable bonds is 3. The summed E-state index contributed by atoms with van der Waals surface area (Å²) in [5.41, 5.74) is 8.80. The van der Waals surface area contributed by atoms with E-state index in [0.29, 0.717) is 11.3 Å². The first-order valence-electron chi connectivity index (χ1n) is 6.05. The molecule has 3 nitrogen and oxygen atoms in total. The number of nitrogen functional groups attached to an aromatic ring is 1. The molecule has 4 heteroatoms. The molecule has 0 fully saturated rings. The Morgan fingerprint density at radius 3 is 2.74 bits per heavy atom. The fraction of sp³-hybridized carbons (Fsp3) is 0.133. The molecular weight excluding hydrogens is 304 g/mol. The van der Waals surface area contributed by atoms with Crippen LogP contribution in [0.25, 0.3) is 0 Å². The van der Waals surface area contributed by atoms with E-state index in [1.807, 2.05) is 24.3 Å². The fourth-order valence-electron chi connectivity index (χ4n) is 1.82. The zero-order chi connectivity index (χ0) is 13.8. The van der Waals surface area contributed by atoms with Gasteiger partial charge in [0.25, 0.3) is 5.91 Å². The van der Waals surface area contributed by atoms with Gasteiger partial charge in [0.2, 0.25) is 0 Å². The van der Waals surface area contributed by atoms with E-state index in [4.69, 9.17) is 5.73 Å². The molecule has 2 rings (SSSR count). The number of aryl methyl sites for hydroxylation is 1. The summed E-state index contributed by atoms with van der Waals surface area (Å²) in [5.74, 6) is -0.166. The van der Waals surface area contributed by atoms with Crippen molar-refractivity contribution in [3.63, 3.8) is 0 Å². The average molecular weight is 319 g/mol. The van der Waals surface area contributed by atoms with Gasteiger partial charge in [0.05, 0.1) is 0 Å². The summed E-state index contributed by atoms with van der Waals surface area (Å²) in [6.45, 7) is 2.08. The molecule has 2 aromatic rings. The molecular formula is C15H15BrN2O. The Kier molecular flexibility index (Phi) is 4.22. The Morgan fingerprint density at radius 2 is 2.05 bits per heavy atom. The van der Waals surface area contributed by atoms with E-state index in [1.165, 1.54) is 5.56 Å². The monoisotopic (exact) mass is 318 g/mol. The smallest absolute Gasteiger partial charge is 0.255 e. The van der Waals surface area contributed by atoms with Gasteiger partial charge in [0.15, 0.2) is 0 Å². The molecule has 0 radical (unpaired) electrons. The zero-order valence-corrected chi connectivity index (χ0v) is 12.2. The molecule has 2 aromatic carbocycles. The topological polar surface area (TPSA) is 55.1 Å². The molecule has 0 saturated carbocycles. The number of carbonyl (C=O) groups excluding carboxylic acids is 1. The van der Waals surface area contributed by atoms with Crippen molar-refractivity contribution in [1.29, 1.82) is 0 Å².